The highest BCUT2D eigenvalue weighted by atomic mass is 16.5. The zero-order valence-electron chi connectivity index (χ0n) is 19.5. The zero-order chi connectivity index (χ0) is 25.0. The molecule has 2 aromatic carbocycles. The minimum atomic E-state index is -0.951. The van der Waals surface area contributed by atoms with E-state index in [9.17, 15) is 14.9 Å². The molecular formula is C25H25N3O6. The summed E-state index contributed by atoms with van der Waals surface area (Å²) in [5, 5.41) is 10.1. The predicted molar refractivity (Wildman–Crippen MR) is 124 cm³/mol. The van der Waals surface area contributed by atoms with Crippen LogP contribution in [0.3, 0.4) is 0 Å². The van der Waals surface area contributed by atoms with Crippen molar-refractivity contribution in [3.63, 3.8) is 0 Å². The highest BCUT2D eigenvalue weighted by Gasteiger charge is 2.43. The molecule has 1 heterocycles. The first-order valence-electron chi connectivity index (χ1n) is 10.2. The Bertz CT molecular complexity index is 1220. The van der Waals surface area contributed by atoms with Crippen molar-refractivity contribution in [2.75, 3.05) is 33.3 Å². The number of aryl methyl sites for hydroxylation is 1. The summed E-state index contributed by atoms with van der Waals surface area (Å²) in [6, 6.07) is 14.2. The van der Waals surface area contributed by atoms with Crippen LogP contribution in [0.25, 0.3) is 0 Å². The Morgan fingerprint density at radius 3 is 2.15 bits per heavy atom. The van der Waals surface area contributed by atoms with Crippen molar-refractivity contribution in [2.24, 2.45) is 5.73 Å². The molecule has 9 nitrogen and oxygen atoms in total. The molecule has 0 aliphatic carbocycles. The molecule has 0 aromatic heterocycles. The Morgan fingerprint density at radius 2 is 1.62 bits per heavy atom. The zero-order valence-corrected chi connectivity index (χ0v) is 19.5. The third kappa shape index (κ3) is 4.13. The van der Waals surface area contributed by atoms with E-state index in [1.54, 1.807) is 30.3 Å². The van der Waals surface area contributed by atoms with Crippen LogP contribution in [-0.4, -0.2) is 40.4 Å². The molecule has 1 aliphatic rings. The van der Waals surface area contributed by atoms with E-state index >= 15 is 0 Å². The number of methoxy groups -OCH3 is 4. The maximum absolute atomic E-state index is 13.1. The van der Waals surface area contributed by atoms with Gasteiger partial charge in [-0.3, -0.25) is 4.90 Å². The second kappa shape index (κ2) is 10.0. The van der Waals surface area contributed by atoms with Crippen molar-refractivity contribution in [2.45, 2.75) is 12.8 Å². The molecule has 0 radical (unpaired) electrons. The first-order valence-corrected chi connectivity index (χ1v) is 10.2. The van der Waals surface area contributed by atoms with Gasteiger partial charge in [-0.2, -0.15) is 5.26 Å². The number of ether oxygens (including phenoxy) is 4. The van der Waals surface area contributed by atoms with Gasteiger partial charge in [0.1, 0.15) is 23.0 Å². The van der Waals surface area contributed by atoms with Gasteiger partial charge in [-0.05, 0) is 24.6 Å². The topological polar surface area (TPSA) is 124 Å². The number of hydrogen-bond acceptors (Lipinski definition) is 9. The Morgan fingerprint density at radius 1 is 0.971 bits per heavy atom. The van der Waals surface area contributed by atoms with Gasteiger partial charge >= 0.3 is 11.9 Å². The van der Waals surface area contributed by atoms with E-state index in [2.05, 4.69) is 6.07 Å². The lowest BCUT2D eigenvalue weighted by Gasteiger charge is -2.36. The summed E-state index contributed by atoms with van der Waals surface area (Å²) in [4.78, 5) is 27.5. The molecule has 2 aromatic rings. The third-order valence-electron chi connectivity index (χ3n) is 5.52. The molecule has 176 valence electrons. The van der Waals surface area contributed by atoms with Crippen LogP contribution in [0, 0.1) is 18.3 Å². The molecule has 9 heteroatoms. The van der Waals surface area contributed by atoms with E-state index < -0.39 is 17.9 Å². The lowest BCUT2D eigenvalue weighted by Crippen LogP contribution is -2.40. The Kier molecular flexibility index (Phi) is 7.12. The van der Waals surface area contributed by atoms with Crippen LogP contribution in [-0.2, 0) is 19.1 Å². The molecule has 0 saturated heterocycles. The average molecular weight is 463 g/mol. The van der Waals surface area contributed by atoms with Crippen LogP contribution in [0.4, 0.5) is 5.69 Å². The SMILES string of the molecule is COC(=O)C1=C(C(=O)OC)N(c2ccc(OC)cc2OC)C(N)=C(C#N)C1c1ccc(C)cc1. The van der Waals surface area contributed by atoms with E-state index in [-0.39, 0.29) is 22.7 Å². The van der Waals surface area contributed by atoms with E-state index in [4.69, 9.17) is 24.7 Å². The first-order chi connectivity index (χ1) is 16.3. The van der Waals surface area contributed by atoms with Gasteiger partial charge in [0, 0.05) is 6.07 Å². The van der Waals surface area contributed by atoms with Crippen molar-refractivity contribution in [3.8, 4) is 17.6 Å². The van der Waals surface area contributed by atoms with E-state index in [1.807, 2.05) is 19.1 Å². The minimum Gasteiger partial charge on any atom is -0.497 e. The van der Waals surface area contributed by atoms with Crippen LogP contribution in [0.2, 0.25) is 0 Å². The molecule has 1 aliphatic heterocycles. The van der Waals surface area contributed by atoms with Gasteiger partial charge in [-0.25, -0.2) is 9.59 Å². The number of benzene rings is 2. The van der Waals surface area contributed by atoms with Crippen molar-refractivity contribution < 1.29 is 28.5 Å². The second-order valence-electron chi connectivity index (χ2n) is 7.37. The monoisotopic (exact) mass is 463 g/mol. The van der Waals surface area contributed by atoms with Crippen LogP contribution in [0.15, 0.2) is 65.1 Å². The summed E-state index contributed by atoms with van der Waals surface area (Å²) in [5.74, 6) is -1.86. The number of rotatable bonds is 6. The number of anilines is 1. The Hall–Kier alpha value is -4.45. The van der Waals surface area contributed by atoms with Gasteiger partial charge in [0.2, 0.25) is 0 Å². The average Bonchev–Trinajstić information content (AvgIpc) is 2.87. The van der Waals surface area contributed by atoms with Crippen molar-refractivity contribution in [1.29, 1.82) is 5.26 Å². The summed E-state index contributed by atoms with van der Waals surface area (Å²) in [7, 11) is 5.32. The summed E-state index contributed by atoms with van der Waals surface area (Å²) in [5.41, 5.74) is 8.19. The molecule has 3 rings (SSSR count). The fourth-order valence-corrected chi connectivity index (χ4v) is 3.85. The molecule has 0 fully saturated rings. The number of nitrogens with zero attached hydrogens (tertiary/aromatic N) is 2. The summed E-state index contributed by atoms with van der Waals surface area (Å²) in [6.07, 6.45) is 0. The number of carbonyl (C=O) groups is 2. The maximum Gasteiger partial charge on any atom is 0.355 e. The van der Waals surface area contributed by atoms with Crippen LogP contribution in [0.1, 0.15) is 17.0 Å². The molecule has 2 N–H and O–H groups in total. The van der Waals surface area contributed by atoms with Crippen molar-refractivity contribution >= 4 is 17.6 Å². The van der Waals surface area contributed by atoms with Crippen LogP contribution >= 0.6 is 0 Å². The lowest BCUT2D eigenvalue weighted by molar-refractivity contribution is -0.139. The van der Waals surface area contributed by atoms with E-state index in [0.29, 0.717) is 22.7 Å². The second-order valence-corrected chi connectivity index (χ2v) is 7.37. The van der Waals surface area contributed by atoms with Gasteiger partial charge in [0.25, 0.3) is 0 Å². The number of esters is 2. The molecule has 0 amide bonds. The van der Waals surface area contributed by atoms with Crippen molar-refractivity contribution in [1.82, 2.24) is 0 Å². The number of nitriles is 1. The summed E-state index contributed by atoms with van der Waals surface area (Å²) >= 11 is 0. The first kappa shape index (κ1) is 24.2. The van der Waals surface area contributed by atoms with Gasteiger partial charge in [0.15, 0.2) is 0 Å². The number of hydrogen-bond donors (Lipinski definition) is 1. The maximum atomic E-state index is 13.1. The number of carbonyl (C=O) groups excluding carboxylic acids is 2. The summed E-state index contributed by atoms with van der Waals surface area (Å²) < 4.78 is 20.8. The highest BCUT2D eigenvalue weighted by molar-refractivity contribution is 6.06. The summed E-state index contributed by atoms with van der Waals surface area (Å²) in [6.45, 7) is 1.91. The third-order valence-corrected chi connectivity index (χ3v) is 5.52. The van der Waals surface area contributed by atoms with Crippen LogP contribution in [0.5, 0.6) is 11.5 Å². The standard InChI is InChI=1S/C25H25N3O6/c1-14-6-8-15(9-7-14)20-17(13-26)23(27)28(18-11-10-16(31-2)12-19(18)32-3)22(25(30)34-5)21(20)24(29)33-4/h6-12,20H,27H2,1-5H3. The fraction of sp³-hybridized carbons (Fsp3) is 0.240. The van der Waals surface area contributed by atoms with Gasteiger partial charge in [-0.1, -0.05) is 29.8 Å². The van der Waals surface area contributed by atoms with Gasteiger partial charge < -0.3 is 24.7 Å². The Balaban J connectivity index is 2.43. The normalized spacial score (nSPS) is 15.5. The molecular weight excluding hydrogens is 438 g/mol. The molecule has 0 bridgehead atoms. The van der Waals surface area contributed by atoms with E-state index in [1.165, 1.54) is 33.3 Å². The quantitative estimate of drug-likeness (QED) is 0.644. The highest BCUT2D eigenvalue weighted by Crippen LogP contribution is 2.45. The fourth-order valence-electron chi connectivity index (χ4n) is 3.85. The van der Waals surface area contributed by atoms with Crippen molar-refractivity contribution in [3.05, 3.63) is 76.3 Å². The van der Waals surface area contributed by atoms with E-state index in [0.717, 1.165) is 5.56 Å². The van der Waals surface area contributed by atoms with Gasteiger partial charge in [-0.15, -0.1) is 0 Å². The number of allylic oxidation sites excluding steroid dienone is 1. The molecule has 1 unspecified atom stereocenters. The molecule has 0 spiro atoms. The predicted octanol–water partition coefficient (Wildman–Crippen LogP) is 2.91. The lowest BCUT2D eigenvalue weighted by atomic mass is 9.80. The minimum absolute atomic E-state index is 0.0513. The smallest absolute Gasteiger partial charge is 0.355 e. The molecule has 34 heavy (non-hydrogen) atoms. The molecule has 0 saturated carbocycles. The Labute approximate surface area is 197 Å². The van der Waals surface area contributed by atoms with Crippen LogP contribution < -0.4 is 20.1 Å². The largest absolute Gasteiger partial charge is 0.497 e. The molecule has 1 atom stereocenters. The van der Waals surface area contributed by atoms with Gasteiger partial charge in [0.05, 0.1) is 57.3 Å². The number of nitrogens with two attached hydrogens (primary N) is 1.